The van der Waals surface area contributed by atoms with Crippen LogP contribution in [-0.2, 0) is 9.84 Å². The number of carbonyl (C=O) groups is 4. The van der Waals surface area contributed by atoms with Crippen LogP contribution in [0.1, 0.15) is 41.4 Å². The van der Waals surface area contributed by atoms with Crippen LogP contribution in [0.25, 0.3) is 0 Å². The molecule has 0 aliphatic rings. The molecule has 5 rings (SSSR count). The van der Waals surface area contributed by atoms with Gasteiger partial charge in [-0.2, -0.15) is 0 Å². The Balaban J connectivity index is 1.21. The molecule has 0 heterocycles. The number of sulfone groups is 1. The topological polar surface area (TPSA) is 195 Å². The van der Waals surface area contributed by atoms with Gasteiger partial charge in [0.05, 0.1) is 32.0 Å². The van der Waals surface area contributed by atoms with Crippen molar-refractivity contribution >= 4 is 45.0 Å². The summed E-state index contributed by atoms with van der Waals surface area (Å²) in [5, 5.41) is 24.4. The molecular formula is C38H28N2O11S. The van der Waals surface area contributed by atoms with E-state index in [1.54, 1.807) is 12.1 Å². The molecule has 52 heavy (non-hydrogen) atoms. The predicted molar refractivity (Wildman–Crippen MR) is 188 cm³/mol. The van der Waals surface area contributed by atoms with E-state index < -0.39 is 33.6 Å². The van der Waals surface area contributed by atoms with Crippen LogP contribution in [0.4, 0.5) is 11.4 Å². The van der Waals surface area contributed by atoms with E-state index in [-0.39, 0.29) is 68.1 Å². The van der Waals surface area contributed by atoms with Crippen molar-refractivity contribution in [2.75, 3.05) is 23.8 Å². The van der Waals surface area contributed by atoms with Crippen molar-refractivity contribution in [3.63, 3.8) is 0 Å². The summed E-state index contributed by atoms with van der Waals surface area (Å²) >= 11 is 0. The number of anilines is 2. The molecule has 5 aromatic rings. The number of amides is 2. The van der Waals surface area contributed by atoms with Crippen molar-refractivity contribution < 1.29 is 52.0 Å². The number of carboxylic acids is 2. The van der Waals surface area contributed by atoms with E-state index in [2.05, 4.69) is 10.6 Å². The van der Waals surface area contributed by atoms with Crippen LogP contribution in [0.5, 0.6) is 17.2 Å². The number of rotatable bonds is 14. The summed E-state index contributed by atoms with van der Waals surface area (Å²) in [6.07, 6.45) is 6.99. The maximum absolute atomic E-state index is 13.3. The van der Waals surface area contributed by atoms with Crippen molar-refractivity contribution in [3.8, 4) is 29.8 Å². The first-order chi connectivity index (χ1) is 25.0. The third kappa shape index (κ3) is 8.72. The van der Waals surface area contributed by atoms with Gasteiger partial charge >= 0.3 is 11.9 Å². The number of ether oxygens (including phenoxy) is 3. The standard InChI is InChI=1S/C38H28N2O11S/c1-2-49-27-12-18-31(33(22-27)37(43)44)35(41)39-24-8-14-29(15-9-24)52(47,48)30-16-10-25(11-17-30)40-36(42)32-19-13-28(23-34(32)38(45)46)51-21-20-50-26-6-4-3-5-7-26/h1,3-19,22-23H,20-21H2,(H,39,41)(H,40,42)(H,43,44)(H,45,46). The first-order valence-electron chi connectivity index (χ1n) is 15.2. The van der Waals surface area contributed by atoms with Crippen LogP contribution in [0.15, 0.2) is 125 Å². The lowest BCUT2D eigenvalue weighted by Crippen LogP contribution is -2.17. The molecule has 0 saturated heterocycles. The highest BCUT2D eigenvalue weighted by Crippen LogP contribution is 2.26. The molecule has 14 heteroatoms. The van der Waals surface area contributed by atoms with Crippen LogP contribution in [0.2, 0.25) is 0 Å². The minimum Gasteiger partial charge on any atom is -0.490 e. The largest absolute Gasteiger partial charge is 0.490 e. The molecule has 0 unspecified atom stereocenters. The van der Waals surface area contributed by atoms with Gasteiger partial charge in [0.1, 0.15) is 36.6 Å². The lowest BCUT2D eigenvalue weighted by Gasteiger charge is -2.12. The van der Waals surface area contributed by atoms with Gasteiger partial charge in [-0.25, -0.2) is 18.0 Å². The molecule has 13 nitrogen and oxygen atoms in total. The summed E-state index contributed by atoms with van der Waals surface area (Å²) in [5.41, 5.74) is -0.565. The molecule has 0 saturated carbocycles. The third-order valence-corrected chi connectivity index (χ3v) is 9.10. The number of nitrogens with one attached hydrogen (secondary N) is 2. The minimum absolute atomic E-state index is 0.0619. The number of carbonyl (C=O) groups excluding carboxylic acids is 2. The van der Waals surface area contributed by atoms with Crippen molar-refractivity contribution in [1.29, 1.82) is 0 Å². The summed E-state index contributed by atoms with van der Waals surface area (Å²) in [4.78, 5) is 49.3. The van der Waals surface area contributed by atoms with Gasteiger partial charge in [-0.3, -0.25) is 9.59 Å². The Kier molecular flexibility index (Phi) is 11.2. The van der Waals surface area contributed by atoms with E-state index in [0.717, 1.165) is 6.07 Å². The Labute approximate surface area is 297 Å². The van der Waals surface area contributed by atoms with E-state index in [9.17, 15) is 37.8 Å². The lowest BCUT2D eigenvalue weighted by atomic mass is 10.1. The Morgan fingerprint density at radius 3 is 1.48 bits per heavy atom. The number of benzene rings is 5. The molecule has 0 radical (unpaired) electrons. The molecular weight excluding hydrogens is 692 g/mol. The number of para-hydroxylation sites is 1. The van der Waals surface area contributed by atoms with E-state index in [4.69, 9.17) is 20.6 Å². The van der Waals surface area contributed by atoms with Crippen LogP contribution < -0.4 is 24.8 Å². The van der Waals surface area contributed by atoms with E-state index in [1.807, 2.05) is 24.3 Å². The van der Waals surface area contributed by atoms with Crippen LogP contribution in [0.3, 0.4) is 0 Å². The number of carboxylic acid groups (broad SMARTS) is 2. The fourth-order valence-corrected chi connectivity index (χ4v) is 6.08. The smallest absolute Gasteiger partial charge is 0.336 e. The van der Waals surface area contributed by atoms with Gasteiger partial charge in [0.2, 0.25) is 9.84 Å². The zero-order chi connectivity index (χ0) is 37.3. The van der Waals surface area contributed by atoms with Gasteiger partial charge in [-0.15, -0.1) is 0 Å². The zero-order valence-corrected chi connectivity index (χ0v) is 27.8. The fourth-order valence-electron chi connectivity index (χ4n) is 4.82. The third-order valence-electron chi connectivity index (χ3n) is 7.32. The highest BCUT2D eigenvalue weighted by atomic mass is 32.2. The molecule has 0 bridgehead atoms. The van der Waals surface area contributed by atoms with Crippen LogP contribution in [-0.4, -0.2) is 55.6 Å². The van der Waals surface area contributed by atoms with E-state index in [0.29, 0.717) is 5.75 Å². The second kappa shape index (κ2) is 16.1. The van der Waals surface area contributed by atoms with E-state index in [1.165, 1.54) is 78.9 Å². The molecule has 4 N–H and O–H groups in total. The first-order valence-corrected chi connectivity index (χ1v) is 16.7. The predicted octanol–water partition coefficient (Wildman–Crippen LogP) is 5.85. The van der Waals surface area contributed by atoms with Gasteiger partial charge in [-0.05, 0) is 97.1 Å². The monoisotopic (exact) mass is 720 g/mol. The molecule has 0 fully saturated rings. The van der Waals surface area contributed by atoms with Gasteiger partial charge in [0.25, 0.3) is 11.8 Å². The van der Waals surface area contributed by atoms with Gasteiger partial charge < -0.3 is 35.1 Å². The second-order valence-electron chi connectivity index (χ2n) is 10.7. The maximum Gasteiger partial charge on any atom is 0.336 e. The summed E-state index contributed by atoms with van der Waals surface area (Å²) in [5.74, 6) is -3.29. The van der Waals surface area contributed by atoms with Crippen molar-refractivity contribution in [1.82, 2.24) is 0 Å². The highest BCUT2D eigenvalue weighted by molar-refractivity contribution is 7.91. The van der Waals surface area contributed by atoms with Gasteiger partial charge in [0, 0.05) is 11.4 Å². The molecule has 2 amide bonds. The second-order valence-corrected chi connectivity index (χ2v) is 12.7. The normalized spacial score (nSPS) is 10.7. The van der Waals surface area contributed by atoms with Gasteiger partial charge in [0.15, 0.2) is 0 Å². The van der Waals surface area contributed by atoms with Crippen molar-refractivity contribution in [2.24, 2.45) is 0 Å². The maximum atomic E-state index is 13.3. The molecule has 0 aliphatic carbocycles. The Morgan fingerprint density at radius 1 is 0.577 bits per heavy atom. The number of terminal acetylenes is 1. The summed E-state index contributed by atoms with van der Waals surface area (Å²) in [7, 11) is -4.04. The number of hydrogen-bond donors (Lipinski definition) is 4. The van der Waals surface area contributed by atoms with Crippen molar-refractivity contribution in [3.05, 3.63) is 138 Å². The molecule has 262 valence electrons. The molecule has 0 spiro atoms. The fraction of sp³-hybridized carbons (Fsp3) is 0.0526. The summed E-state index contributed by atoms with van der Waals surface area (Å²) < 4.78 is 42.6. The Morgan fingerprint density at radius 2 is 1.02 bits per heavy atom. The van der Waals surface area contributed by atoms with Crippen molar-refractivity contribution in [2.45, 2.75) is 9.79 Å². The van der Waals surface area contributed by atoms with Crippen LogP contribution >= 0.6 is 0 Å². The number of aromatic carboxylic acids is 2. The lowest BCUT2D eigenvalue weighted by molar-refractivity contribution is 0.0683. The molecule has 0 aromatic heterocycles. The van der Waals surface area contributed by atoms with Crippen LogP contribution in [0, 0.1) is 12.5 Å². The molecule has 5 aromatic carbocycles. The molecule has 0 aliphatic heterocycles. The van der Waals surface area contributed by atoms with Gasteiger partial charge in [-0.1, -0.05) is 24.6 Å². The summed E-state index contributed by atoms with van der Waals surface area (Å²) in [6, 6.07) is 27.2. The first kappa shape index (κ1) is 36.2. The average molecular weight is 721 g/mol. The SMILES string of the molecule is C#COc1ccc(C(=O)Nc2ccc(S(=O)(=O)c3ccc(NC(=O)c4ccc(OCCOc5ccccc5)cc4C(=O)O)cc3)cc2)c(C(=O)O)c1. The highest BCUT2D eigenvalue weighted by Gasteiger charge is 2.22. The van der Waals surface area contributed by atoms with E-state index >= 15 is 0 Å². The zero-order valence-electron chi connectivity index (χ0n) is 26.9. The quantitative estimate of drug-likeness (QED) is 0.0794. The average Bonchev–Trinajstić information content (AvgIpc) is 3.14. The Bertz CT molecular complexity index is 2280. The summed E-state index contributed by atoms with van der Waals surface area (Å²) in [6.45, 7) is 0.340. The minimum atomic E-state index is -4.04. The molecule has 0 atom stereocenters. The number of hydrogen-bond acceptors (Lipinski definition) is 9. The Hall–Kier alpha value is -7.11.